The Morgan fingerprint density at radius 2 is 2.12 bits per heavy atom. The Morgan fingerprint density at radius 1 is 1.42 bits per heavy atom. The van der Waals surface area contributed by atoms with Gasteiger partial charge in [0.1, 0.15) is 5.75 Å². The molecule has 8 heteroatoms. The Morgan fingerprint density at radius 3 is 2.71 bits per heavy atom. The van der Waals surface area contributed by atoms with E-state index in [-0.39, 0.29) is 18.2 Å². The van der Waals surface area contributed by atoms with Gasteiger partial charge in [0, 0.05) is 19.3 Å². The number of nitrogens with zero attached hydrogens (tertiary/aromatic N) is 2. The lowest BCUT2D eigenvalue weighted by Gasteiger charge is -2.14. The van der Waals surface area contributed by atoms with Gasteiger partial charge in [0.25, 0.3) is 5.91 Å². The minimum Gasteiger partial charge on any atom is -0.435 e. The Labute approximate surface area is 138 Å². The number of carbonyl (C=O) groups excluding carboxylic acids is 1. The SMILES string of the molecule is Cc1nn(C)c(C)c1C(=O)NCC(O)c1cccc(OC(F)F)c1. The van der Waals surface area contributed by atoms with Crippen LogP contribution in [0.1, 0.15) is 33.4 Å². The van der Waals surface area contributed by atoms with E-state index in [9.17, 15) is 18.7 Å². The molecule has 0 saturated carbocycles. The maximum absolute atomic E-state index is 12.2. The highest BCUT2D eigenvalue weighted by atomic mass is 19.3. The maximum atomic E-state index is 12.2. The van der Waals surface area contributed by atoms with Crippen molar-refractivity contribution in [1.82, 2.24) is 15.1 Å². The molecule has 2 N–H and O–H groups in total. The summed E-state index contributed by atoms with van der Waals surface area (Å²) in [4.78, 5) is 12.2. The van der Waals surface area contributed by atoms with Gasteiger partial charge in [-0.3, -0.25) is 9.48 Å². The molecule has 0 aliphatic carbocycles. The molecule has 0 aliphatic heterocycles. The number of nitrogens with one attached hydrogen (secondary N) is 1. The number of hydrogen-bond acceptors (Lipinski definition) is 4. The van der Waals surface area contributed by atoms with Crippen molar-refractivity contribution in [2.45, 2.75) is 26.6 Å². The van der Waals surface area contributed by atoms with E-state index in [1.807, 2.05) is 0 Å². The van der Waals surface area contributed by atoms with Gasteiger partial charge >= 0.3 is 6.61 Å². The fourth-order valence-corrected chi connectivity index (χ4v) is 2.40. The van der Waals surface area contributed by atoms with Gasteiger partial charge in [-0.15, -0.1) is 0 Å². The zero-order chi connectivity index (χ0) is 17.9. The van der Waals surface area contributed by atoms with Crippen molar-refractivity contribution in [3.8, 4) is 5.75 Å². The highest BCUT2D eigenvalue weighted by molar-refractivity contribution is 5.96. The third-order valence-corrected chi connectivity index (χ3v) is 3.66. The summed E-state index contributed by atoms with van der Waals surface area (Å²) in [7, 11) is 1.74. The number of carbonyl (C=O) groups is 1. The number of aliphatic hydroxyl groups is 1. The molecular weight excluding hydrogens is 320 g/mol. The van der Waals surface area contributed by atoms with Gasteiger partial charge in [-0.2, -0.15) is 13.9 Å². The fraction of sp³-hybridized carbons (Fsp3) is 0.375. The average molecular weight is 339 g/mol. The van der Waals surface area contributed by atoms with E-state index < -0.39 is 12.7 Å². The summed E-state index contributed by atoms with van der Waals surface area (Å²) in [6, 6.07) is 5.73. The first-order chi connectivity index (χ1) is 11.3. The summed E-state index contributed by atoms with van der Waals surface area (Å²) in [5.41, 5.74) is 2.13. The Hall–Kier alpha value is -2.48. The van der Waals surface area contributed by atoms with Gasteiger partial charge < -0.3 is 15.2 Å². The molecule has 2 aromatic rings. The molecule has 2 rings (SSSR count). The van der Waals surface area contributed by atoms with Crippen molar-refractivity contribution in [2.75, 3.05) is 6.54 Å². The molecule has 0 spiro atoms. The van der Waals surface area contributed by atoms with E-state index in [2.05, 4.69) is 15.2 Å². The average Bonchev–Trinajstić information content (AvgIpc) is 2.77. The van der Waals surface area contributed by atoms with Crippen LogP contribution in [-0.4, -0.2) is 34.0 Å². The van der Waals surface area contributed by atoms with Crippen LogP contribution in [0.3, 0.4) is 0 Å². The van der Waals surface area contributed by atoms with Crippen LogP contribution in [0.2, 0.25) is 0 Å². The van der Waals surface area contributed by atoms with Gasteiger partial charge in [0.2, 0.25) is 0 Å². The van der Waals surface area contributed by atoms with Crippen molar-refractivity contribution >= 4 is 5.91 Å². The maximum Gasteiger partial charge on any atom is 0.387 e. The number of halogens is 2. The molecule has 1 unspecified atom stereocenters. The highest BCUT2D eigenvalue weighted by Gasteiger charge is 2.18. The molecule has 0 aliphatic rings. The molecule has 1 aromatic heterocycles. The van der Waals surface area contributed by atoms with E-state index in [0.717, 1.165) is 0 Å². The molecule has 1 heterocycles. The van der Waals surface area contributed by atoms with E-state index >= 15 is 0 Å². The fourth-order valence-electron chi connectivity index (χ4n) is 2.40. The van der Waals surface area contributed by atoms with Gasteiger partial charge in [-0.05, 0) is 31.5 Å². The van der Waals surface area contributed by atoms with E-state index in [4.69, 9.17) is 0 Å². The lowest BCUT2D eigenvalue weighted by atomic mass is 10.1. The summed E-state index contributed by atoms with van der Waals surface area (Å²) < 4.78 is 30.3. The van der Waals surface area contributed by atoms with Crippen molar-refractivity contribution in [2.24, 2.45) is 7.05 Å². The summed E-state index contributed by atoms with van der Waals surface area (Å²) >= 11 is 0. The van der Waals surface area contributed by atoms with Crippen LogP contribution in [0, 0.1) is 13.8 Å². The van der Waals surface area contributed by atoms with Crippen LogP contribution in [0.4, 0.5) is 8.78 Å². The predicted octanol–water partition coefficient (Wildman–Crippen LogP) is 2.10. The summed E-state index contributed by atoms with van der Waals surface area (Å²) in [6.07, 6.45) is -1.05. The highest BCUT2D eigenvalue weighted by Crippen LogP contribution is 2.21. The van der Waals surface area contributed by atoms with Gasteiger partial charge in [-0.1, -0.05) is 12.1 Å². The Balaban J connectivity index is 2.02. The van der Waals surface area contributed by atoms with Crippen LogP contribution in [-0.2, 0) is 7.05 Å². The van der Waals surface area contributed by atoms with Gasteiger partial charge in [0.15, 0.2) is 0 Å². The zero-order valence-corrected chi connectivity index (χ0v) is 13.6. The number of ether oxygens (including phenoxy) is 1. The van der Waals surface area contributed by atoms with Crippen LogP contribution >= 0.6 is 0 Å². The van der Waals surface area contributed by atoms with Gasteiger partial charge in [-0.25, -0.2) is 0 Å². The standard InChI is InChI=1S/C16H19F2N3O3/c1-9-14(10(2)21(3)20-9)15(23)19-8-13(22)11-5-4-6-12(7-11)24-16(17)18/h4-7,13,16,22H,8H2,1-3H3,(H,19,23). The topological polar surface area (TPSA) is 76.4 Å². The van der Waals surface area contributed by atoms with E-state index in [0.29, 0.717) is 22.5 Å². The first kappa shape index (κ1) is 17.9. The zero-order valence-electron chi connectivity index (χ0n) is 13.6. The molecule has 24 heavy (non-hydrogen) atoms. The molecule has 0 saturated heterocycles. The van der Waals surface area contributed by atoms with Crippen LogP contribution < -0.4 is 10.1 Å². The lowest BCUT2D eigenvalue weighted by molar-refractivity contribution is -0.0499. The first-order valence-electron chi connectivity index (χ1n) is 7.30. The number of aryl methyl sites for hydroxylation is 2. The third kappa shape index (κ3) is 4.08. The minimum absolute atomic E-state index is 0.0492. The molecule has 130 valence electrons. The summed E-state index contributed by atoms with van der Waals surface area (Å²) in [6.45, 7) is 0.499. The number of aromatic nitrogens is 2. The second-order valence-corrected chi connectivity index (χ2v) is 5.35. The van der Waals surface area contributed by atoms with Crippen LogP contribution in [0.25, 0.3) is 0 Å². The van der Waals surface area contributed by atoms with Crippen LogP contribution in [0.5, 0.6) is 5.75 Å². The molecular formula is C16H19F2N3O3. The van der Waals surface area contributed by atoms with E-state index in [1.54, 1.807) is 31.6 Å². The molecule has 1 atom stereocenters. The second-order valence-electron chi connectivity index (χ2n) is 5.35. The molecule has 0 bridgehead atoms. The number of aliphatic hydroxyl groups excluding tert-OH is 1. The predicted molar refractivity (Wildman–Crippen MR) is 83.0 cm³/mol. The lowest BCUT2D eigenvalue weighted by Crippen LogP contribution is -2.29. The van der Waals surface area contributed by atoms with Crippen molar-refractivity contribution in [1.29, 1.82) is 0 Å². The summed E-state index contributed by atoms with van der Waals surface area (Å²) in [5, 5.41) is 16.9. The molecule has 1 amide bonds. The quantitative estimate of drug-likeness (QED) is 0.845. The monoisotopic (exact) mass is 339 g/mol. The Kier molecular flexibility index (Phi) is 5.50. The second kappa shape index (κ2) is 7.39. The number of alkyl halides is 2. The number of benzene rings is 1. The molecule has 6 nitrogen and oxygen atoms in total. The number of amides is 1. The third-order valence-electron chi connectivity index (χ3n) is 3.66. The van der Waals surface area contributed by atoms with E-state index in [1.165, 1.54) is 18.2 Å². The molecule has 1 aromatic carbocycles. The summed E-state index contributed by atoms with van der Waals surface area (Å²) in [5.74, 6) is -0.399. The largest absolute Gasteiger partial charge is 0.435 e. The number of hydrogen-bond donors (Lipinski definition) is 2. The normalized spacial score (nSPS) is 12.3. The smallest absolute Gasteiger partial charge is 0.387 e. The Bertz CT molecular complexity index is 731. The van der Waals surface area contributed by atoms with Gasteiger partial charge in [0.05, 0.1) is 17.4 Å². The van der Waals surface area contributed by atoms with Crippen molar-refractivity contribution in [3.63, 3.8) is 0 Å². The van der Waals surface area contributed by atoms with Crippen LogP contribution in [0.15, 0.2) is 24.3 Å². The minimum atomic E-state index is -2.94. The molecule has 0 fully saturated rings. The van der Waals surface area contributed by atoms with Crippen molar-refractivity contribution in [3.05, 3.63) is 46.8 Å². The molecule has 0 radical (unpaired) electrons. The first-order valence-corrected chi connectivity index (χ1v) is 7.30. The van der Waals surface area contributed by atoms with Crippen molar-refractivity contribution < 1.29 is 23.4 Å². The number of rotatable bonds is 6.